The van der Waals surface area contributed by atoms with Gasteiger partial charge in [0.1, 0.15) is 5.75 Å². The van der Waals surface area contributed by atoms with Gasteiger partial charge < -0.3 is 4.74 Å². The van der Waals surface area contributed by atoms with Crippen LogP contribution in [0.3, 0.4) is 0 Å². The number of aryl methyl sites for hydroxylation is 1. The van der Waals surface area contributed by atoms with Crippen molar-refractivity contribution in [2.75, 3.05) is 7.11 Å². The number of rotatable bonds is 3. The van der Waals surface area contributed by atoms with Gasteiger partial charge in [0.05, 0.1) is 7.11 Å². The summed E-state index contributed by atoms with van der Waals surface area (Å²) in [4.78, 5) is 0. The van der Waals surface area contributed by atoms with Gasteiger partial charge in [-0.05, 0) is 35.6 Å². The van der Waals surface area contributed by atoms with Crippen molar-refractivity contribution >= 4 is 0 Å². The summed E-state index contributed by atoms with van der Waals surface area (Å²) in [5, 5.41) is 0. The summed E-state index contributed by atoms with van der Waals surface area (Å²) >= 11 is 0. The van der Waals surface area contributed by atoms with Crippen molar-refractivity contribution in [3.63, 3.8) is 0 Å². The molecule has 1 nitrogen and oxygen atoms in total. The van der Waals surface area contributed by atoms with Crippen LogP contribution in [0, 0.1) is 0 Å². The largest absolute Gasteiger partial charge is 0.497 e. The van der Waals surface area contributed by atoms with Crippen LogP contribution in [0.4, 0.5) is 0 Å². The molecular weight excluding hydrogens is 280 g/mol. The third-order valence-electron chi connectivity index (χ3n) is 3.03. The number of para-hydroxylation sites is 1. The minimum absolute atomic E-state index is 0.654. The Morgan fingerprint density at radius 3 is 1.57 bits per heavy atom. The molecule has 0 bridgehead atoms. The Bertz CT molecular complexity index is 443. The van der Waals surface area contributed by atoms with Crippen molar-refractivity contribution in [3.8, 4) is 5.75 Å². The zero-order chi connectivity index (χ0) is 18.1. The zero-order valence-electron chi connectivity index (χ0n) is 16.4. The molecule has 2 aromatic rings. The van der Waals surface area contributed by atoms with Gasteiger partial charge in [0.25, 0.3) is 0 Å². The molecule has 0 spiro atoms. The summed E-state index contributed by atoms with van der Waals surface area (Å²) in [5.74, 6) is 1.56. The predicted octanol–water partition coefficient (Wildman–Crippen LogP) is 7.12. The first-order valence-electron chi connectivity index (χ1n) is 8.85. The summed E-state index contributed by atoms with van der Waals surface area (Å²) in [6.07, 6.45) is 1.14. The van der Waals surface area contributed by atoms with Crippen LogP contribution < -0.4 is 4.74 Å². The second kappa shape index (κ2) is 16.6. The van der Waals surface area contributed by atoms with Crippen molar-refractivity contribution in [1.82, 2.24) is 0 Å². The molecule has 0 N–H and O–H groups in total. The first-order valence-corrected chi connectivity index (χ1v) is 8.85. The lowest BCUT2D eigenvalue weighted by Crippen LogP contribution is -1.87. The summed E-state index contributed by atoms with van der Waals surface area (Å²) in [5.41, 5.74) is 2.86. The van der Waals surface area contributed by atoms with E-state index in [4.69, 9.17) is 4.74 Å². The lowest BCUT2D eigenvalue weighted by molar-refractivity contribution is 0.415. The second-order valence-electron chi connectivity index (χ2n) is 4.77. The van der Waals surface area contributed by atoms with E-state index in [1.807, 2.05) is 58.0 Å². The Morgan fingerprint density at radius 2 is 1.26 bits per heavy atom. The highest BCUT2D eigenvalue weighted by atomic mass is 16.5. The first-order chi connectivity index (χ1) is 11.2. The molecule has 2 rings (SSSR count). The van der Waals surface area contributed by atoms with Crippen LogP contribution in [0.1, 0.15) is 65.5 Å². The molecule has 0 saturated carbocycles. The van der Waals surface area contributed by atoms with Gasteiger partial charge >= 0.3 is 0 Å². The predicted molar refractivity (Wildman–Crippen MR) is 106 cm³/mol. The third-order valence-corrected chi connectivity index (χ3v) is 3.03. The van der Waals surface area contributed by atoms with Gasteiger partial charge in [-0.15, -0.1) is 0 Å². The molecule has 0 saturated heterocycles. The molecule has 0 aliphatic carbocycles. The lowest BCUT2D eigenvalue weighted by atomic mass is 10.0. The van der Waals surface area contributed by atoms with Gasteiger partial charge in [-0.3, -0.25) is 0 Å². The van der Waals surface area contributed by atoms with Gasteiger partial charge in [-0.1, -0.05) is 90.9 Å². The molecule has 130 valence electrons. The maximum Gasteiger partial charge on any atom is 0.118 e. The fourth-order valence-electron chi connectivity index (χ4n) is 1.69. The van der Waals surface area contributed by atoms with Crippen molar-refractivity contribution in [1.29, 1.82) is 0 Å². The molecule has 2 aromatic carbocycles. The maximum atomic E-state index is 4.91. The van der Waals surface area contributed by atoms with Crippen LogP contribution >= 0.6 is 0 Å². The van der Waals surface area contributed by atoms with Crippen molar-refractivity contribution in [3.05, 3.63) is 65.7 Å². The normalized spacial score (nSPS) is 8.57. The Hall–Kier alpha value is -1.76. The van der Waals surface area contributed by atoms with Crippen LogP contribution in [0.15, 0.2) is 54.6 Å². The van der Waals surface area contributed by atoms with E-state index in [0.717, 1.165) is 12.2 Å². The Morgan fingerprint density at radius 1 is 0.783 bits per heavy atom. The summed E-state index contributed by atoms with van der Waals surface area (Å²) in [6.45, 7) is 14.6. The summed E-state index contributed by atoms with van der Waals surface area (Å²) in [7, 11) is 1.66. The van der Waals surface area contributed by atoms with Crippen LogP contribution in [0.25, 0.3) is 0 Å². The molecule has 0 aromatic heterocycles. The van der Waals surface area contributed by atoms with E-state index < -0.39 is 0 Å². The zero-order valence-corrected chi connectivity index (χ0v) is 16.4. The smallest absolute Gasteiger partial charge is 0.118 e. The highest BCUT2D eigenvalue weighted by Crippen LogP contribution is 2.14. The average molecular weight is 317 g/mol. The SMILES string of the molecule is CC.CC.CCc1ccc(C(C)C)cc1.COc1ccccc1. The highest BCUT2D eigenvalue weighted by Gasteiger charge is 1.96. The standard InChI is InChI=1S/C11H16.C7H8O.2C2H6/c1-4-10-5-7-11(8-6-10)9(2)3;1-8-7-5-3-2-4-6-7;2*1-2/h5-9H,4H2,1-3H3;2-6H,1H3;2*1-2H3. The van der Waals surface area contributed by atoms with E-state index in [2.05, 4.69) is 45.0 Å². The minimum Gasteiger partial charge on any atom is -0.497 e. The fraction of sp³-hybridized carbons (Fsp3) is 0.455. The number of benzene rings is 2. The average Bonchev–Trinajstić information content (AvgIpc) is 2.66. The van der Waals surface area contributed by atoms with E-state index >= 15 is 0 Å². The first kappa shape index (κ1) is 23.5. The number of hydrogen-bond donors (Lipinski definition) is 0. The van der Waals surface area contributed by atoms with Crippen LogP contribution in [-0.2, 0) is 6.42 Å². The molecule has 0 radical (unpaired) electrons. The van der Waals surface area contributed by atoms with Gasteiger partial charge in [-0.2, -0.15) is 0 Å². The van der Waals surface area contributed by atoms with E-state index in [0.29, 0.717) is 5.92 Å². The third kappa shape index (κ3) is 11.5. The molecule has 1 heteroatoms. The van der Waals surface area contributed by atoms with E-state index in [9.17, 15) is 0 Å². The molecular formula is C22H36O. The van der Waals surface area contributed by atoms with E-state index in [1.54, 1.807) is 7.11 Å². The molecule has 0 atom stereocenters. The Kier molecular flexibility index (Phi) is 17.0. The Balaban J connectivity index is 0. The molecule has 0 aliphatic heterocycles. The molecule has 0 unspecified atom stereocenters. The monoisotopic (exact) mass is 316 g/mol. The Labute approximate surface area is 144 Å². The summed E-state index contributed by atoms with van der Waals surface area (Å²) < 4.78 is 4.91. The van der Waals surface area contributed by atoms with Crippen molar-refractivity contribution < 1.29 is 4.74 Å². The minimum atomic E-state index is 0.654. The lowest BCUT2D eigenvalue weighted by Gasteiger charge is -2.04. The molecule has 0 amide bonds. The highest BCUT2D eigenvalue weighted by molar-refractivity contribution is 5.24. The number of ether oxygens (including phenoxy) is 1. The topological polar surface area (TPSA) is 9.23 Å². The van der Waals surface area contributed by atoms with Crippen LogP contribution in [0.5, 0.6) is 5.75 Å². The van der Waals surface area contributed by atoms with Gasteiger partial charge in [0.2, 0.25) is 0 Å². The van der Waals surface area contributed by atoms with Gasteiger partial charge in [0.15, 0.2) is 0 Å². The van der Waals surface area contributed by atoms with Crippen molar-refractivity contribution in [2.45, 2.75) is 60.8 Å². The number of methoxy groups -OCH3 is 1. The second-order valence-corrected chi connectivity index (χ2v) is 4.77. The molecule has 0 heterocycles. The quantitative estimate of drug-likeness (QED) is 0.585. The summed E-state index contributed by atoms with van der Waals surface area (Å²) in [6, 6.07) is 18.6. The van der Waals surface area contributed by atoms with E-state index in [1.165, 1.54) is 11.1 Å². The van der Waals surface area contributed by atoms with Crippen LogP contribution in [-0.4, -0.2) is 7.11 Å². The van der Waals surface area contributed by atoms with Gasteiger partial charge in [0, 0.05) is 0 Å². The molecule has 0 fully saturated rings. The molecule has 23 heavy (non-hydrogen) atoms. The number of hydrogen-bond acceptors (Lipinski definition) is 1. The maximum absolute atomic E-state index is 4.91. The fourth-order valence-corrected chi connectivity index (χ4v) is 1.69. The molecule has 0 aliphatic rings. The van der Waals surface area contributed by atoms with E-state index in [-0.39, 0.29) is 0 Å². The van der Waals surface area contributed by atoms with Crippen molar-refractivity contribution in [2.24, 2.45) is 0 Å². The van der Waals surface area contributed by atoms with Crippen LogP contribution in [0.2, 0.25) is 0 Å². The van der Waals surface area contributed by atoms with Gasteiger partial charge in [-0.25, -0.2) is 0 Å².